The highest BCUT2D eigenvalue weighted by Crippen LogP contribution is 2.31. The molecule has 0 bridgehead atoms. The Balaban J connectivity index is 1.50. The molecule has 0 unspecified atom stereocenters. The number of aryl methyl sites for hydroxylation is 2. The van der Waals surface area contributed by atoms with E-state index in [1.54, 1.807) is 0 Å². The Labute approximate surface area is 221 Å². The van der Waals surface area contributed by atoms with Crippen LogP contribution in [-0.4, -0.2) is 37.1 Å². The number of nitriles is 1. The Morgan fingerprint density at radius 3 is 2.22 bits per heavy atom. The molecule has 2 heterocycles. The number of allylic oxidation sites excluding steroid dienone is 2. The summed E-state index contributed by atoms with van der Waals surface area (Å²) in [6.07, 6.45) is 3.83. The van der Waals surface area contributed by atoms with E-state index in [1.165, 1.54) is 11.1 Å². The van der Waals surface area contributed by atoms with Gasteiger partial charge < -0.3 is 15.0 Å². The molecule has 2 aromatic carbocycles. The molecule has 1 N–H and O–H groups in total. The van der Waals surface area contributed by atoms with Crippen molar-refractivity contribution < 1.29 is 9.53 Å². The van der Waals surface area contributed by atoms with Gasteiger partial charge in [-0.3, -0.25) is 4.79 Å². The van der Waals surface area contributed by atoms with E-state index in [0.29, 0.717) is 17.4 Å². The van der Waals surface area contributed by atoms with Crippen molar-refractivity contribution in [3.8, 4) is 6.07 Å². The molecule has 5 nitrogen and oxygen atoms in total. The fourth-order valence-corrected chi connectivity index (χ4v) is 5.54. The van der Waals surface area contributed by atoms with Crippen molar-refractivity contribution >= 4 is 11.6 Å². The lowest BCUT2D eigenvalue weighted by atomic mass is 9.88. The number of piperidine rings is 1. The van der Waals surface area contributed by atoms with E-state index >= 15 is 0 Å². The molecule has 0 atom stereocenters. The van der Waals surface area contributed by atoms with Gasteiger partial charge in [-0.05, 0) is 94.2 Å². The molecule has 2 saturated heterocycles. The van der Waals surface area contributed by atoms with Crippen LogP contribution >= 0.6 is 0 Å². The molecule has 0 aliphatic carbocycles. The molecule has 2 aromatic rings. The Bertz CT molecular complexity index is 1220. The van der Waals surface area contributed by atoms with Gasteiger partial charge in [0.05, 0.1) is 11.6 Å². The number of ether oxygens (including phenoxy) is 1. The summed E-state index contributed by atoms with van der Waals surface area (Å²) in [4.78, 5) is 15.7. The van der Waals surface area contributed by atoms with Crippen LogP contribution in [0, 0.1) is 31.1 Å². The summed E-state index contributed by atoms with van der Waals surface area (Å²) in [7, 11) is 0. The molecule has 0 radical (unpaired) electrons. The Kier molecular flexibility index (Phi) is 8.51. The number of nitrogens with one attached hydrogen (secondary N) is 1. The lowest BCUT2D eigenvalue weighted by Gasteiger charge is -2.33. The van der Waals surface area contributed by atoms with Crippen molar-refractivity contribution in [2.24, 2.45) is 5.92 Å². The normalized spacial score (nSPS) is 16.7. The Morgan fingerprint density at radius 2 is 1.62 bits per heavy atom. The summed E-state index contributed by atoms with van der Waals surface area (Å²) in [5.41, 5.74) is 9.17. The first-order valence-corrected chi connectivity index (χ1v) is 13.4. The minimum atomic E-state index is 0.105. The van der Waals surface area contributed by atoms with E-state index in [0.717, 1.165) is 85.6 Å². The van der Waals surface area contributed by atoms with E-state index < -0.39 is 0 Å². The minimum absolute atomic E-state index is 0.105. The van der Waals surface area contributed by atoms with Crippen molar-refractivity contribution in [3.05, 3.63) is 87.6 Å². The average Bonchev–Trinajstić information content (AvgIpc) is 2.92. The van der Waals surface area contributed by atoms with E-state index in [2.05, 4.69) is 63.0 Å². The van der Waals surface area contributed by atoms with Crippen LogP contribution in [0.5, 0.6) is 0 Å². The molecule has 5 heteroatoms. The van der Waals surface area contributed by atoms with Gasteiger partial charge in [0.15, 0.2) is 0 Å². The van der Waals surface area contributed by atoms with Gasteiger partial charge in [0, 0.05) is 54.7 Å². The highest BCUT2D eigenvalue weighted by atomic mass is 16.5. The van der Waals surface area contributed by atoms with Gasteiger partial charge in [-0.15, -0.1) is 0 Å². The first-order valence-electron chi connectivity index (χ1n) is 13.4. The Morgan fingerprint density at radius 1 is 1.00 bits per heavy atom. The average molecular weight is 498 g/mol. The van der Waals surface area contributed by atoms with Crippen LogP contribution in [0.1, 0.15) is 83.6 Å². The van der Waals surface area contributed by atoms with E-state index in [9.17, 15) is 4.79 Å². The zero-order chi connectivity index (χ0) is 26.5. The molecule has 0 saturated carbocycles. The second kappa shape index (κ2) is 11.8. The number of carbonyl (C=O) groups excluding carboxylic acids is 1. The summed E-state index contributed by atoms with van der Waals surface area (Å²) >= 11 is 0. The van der Waals surface area contributed by atoms with Crippen LogP contribution in [0.15, 0.2) is 54.2 Å². The third kappa shape index (κ3) is 6.14. The van der Waals surface area contributed by atoms with E-state index in [1.807, 2.05) is 24.0 Å². The number of carbonyl (C=O) groups is 1. The molecule has 2 fully saturated rings. The zero-order valence-electron chi connectivity index (χ0n) is 22.7. The van der Waals surface area contributed by atoms with Crippen molar-refractivity contribution in [3.63, 3.8) is 0 Å². The maximum atomic E-state index is 13.7. The number of hydrogen-bond acceptors (Lipinski definition) is 4. The van der Waals surface area contributed by atoms with Crippen molar-refractivity contribution in [2.75, 3.05) is 26.3 Å². The van der Waals surface area contributed by atoms with Gasteiger partial charge in [-0.25, -0.2) is 0 Å². The van der Waals surface area contributed by atoms with E-state index in [-0.39, 0.29) is 5.91 Å². The van der Waals surface area contributed by atoms with Crippen LogP contribution in [-0.2, 0) is 4.74 Å². The third-order valence-electron chi connectivity index (χ3n) is 7.86. The summed E-state index contributed by atoms with van der Waals surface area (Å²) in [5.74, 6) is 0.921. The quantitative estimate of drug-likeness (QED) is 0.496. The highest BCUT2D eigenvalue weighted by Gasteiger charge is 2.27. The summed E-state index contributed by atoms with van der Waals surface area (Å²) in [6.45, 7) is 15.7. The van der Waals surface area contributed by atoms with Gasteiger partial charge in [0.25, 0.3) is 5.91 Å². The van der Waals surface area contributed by atoms with Crippen LogP contribution in [0.4, 0.5) is 0 Å². The second-order valence-corrected chi connectivity index (χ2v) is 10.7. The number of nitrogens with zero attached hydrogens (tertiary/aromatic N) is 2. The molecule has 194 valence electrons. The third-order valence-corrected chi connectivity index (χ3v) is 7.86. The Hall–Kier alpha value is -3.36. The number of benzene rings is 2. The van der Waals surface area contributed by atoms with Crippen LogP contribution in [0.25, 0.3) is 5.70 Å². The largest absolute Gasteiger partial charge is 0.381 e. The number of likely N-dealkylation sites (tertiary alicyclic amines) is 1. The summed E-state index contributed by atoms with van der Waals surface area (Å²) in [5, 5.41) is 12.7. The predicted octanol–water partition coefficient (Wildman–Crippen LogP) is 6.48. The van der Waals surface area contributed by atoms with Crippen LogP contribution in [0.2, 0.25) is 0 Å². The van der Waals surface area contributed by atoms with Crippen molar-refractivity contribution in [1.29, 1.82) is 5.26 Å². The summed E-state index contributed by atoms with van der Waals surface area (Å²) in [6, 6.07) is 14.3. The predicted molar refractivity (Wildman–Crippen MR) is 149 cm³/mol. The number of rotatable bonds is 6. The number of hydrogen-bond donors (Lipinski definition) is 1. The minimum Gasteiger partial charge on any atom is -0.381 e. The molecule has 2 aliphatic rings. The van der Waals surface area contributed by atoms with Gasteiger partial charge in [-0.1, -0.05) is 30.4 Å². The fraction of sp³-hybridized carbons (Fsp3) is 0.438. The van der Waals surface area contributed by atoms with Gasteiger partial charge in [-0.2, -0.15) is 5.26 Å². The van der Waals surface area contributed by atoms with Crippen LogP contribution < -0.4 is 5.32 Å². The van der Waals surface area contributed by atoms with Crippen molar-refractivity contribution in [1.82, 2.24) is 10.2 Å². The molecule has 2 aliphatic heterocycles. The van der Waals surface area contributed by atoms with Gasteiger partial charge in [0.2, 0.25) is 0 Å². The van der Waals surface area contributed by atoms with Crippen molar-refractivity contribution in [2.45, 2.75) is 59.3 Å². The maximum Gasteiger partial charge on any atom is 0.254 e. The SMILES string of the molecule is C=C(NC(=C(C)C)c1cc(C(=O)N2CCC(c3ccc(C#N)cc3)CC2)c(C)cc1C)C1CCOCC1. The zero-order valence-corrected chi connectivity index (χ0v) is 22.7. The first kappa shape index (κ1) is 26.7. The smallest absolute Gasteiger partial charge is 0.254 e. The molecule has 4 rings (SSSR count). The van der Waals surface area contributed by atoms with Crippen LogP contribution in [0.3, 0.4) is 0 Å². The maximum absolute atomic E-state index is 13.7. The molecule has 0 aromatic heterocycles. The molecule has 1 amide bonds. The molecular formula is C32H39N3O2. The topological polar surface area (TPSA) is 65.4 Å². The monoisotopic (exact) mass is 497 g/mol. The lowest BCUT2D eigenvalue weighted by Crippen LogP contribution is -2.38. The lowest BCUT2D eigenvalue weighted by molar-refractivity contribution is 0.0712. The highest BCUT2D eigenvalue weighted by molar-refractivity contribution is 5.97. The molecule has 37 heavy (non-hydrogen) atoms. The fourth-order valence-electron chi connectivity index (χ4n) is 5.54. The van der Waals surface area contributed by atoms with E-state index in [4.69, 9.17) is 10.00 Å². The molecule has 0 spiro atoms. The molecular weight excluding hydrogens is 458 g/mol. The van der Waals surface area contributed by atoms with Gasteiger partial charge >= 0.3 is 0 Å². The standard InChI is InChI=1S/C32H39N3O2/c1-21(2)31(34-24(5)26-12-16-37-17-13-26)29-19-30(23(4)18-22(29)3)32(36)35-14-10-28(11-15-35)27-8-6-25(20-33)7-9-27/h6-9,18-19,26,28,34H,5,10-17H2,1-4H3. The number of amides is 1. The first-order chi connectivity index (χ1) is 17.8. The van der Waals surface area contributed by atoms with Gasteiger partial charge in [0.1, 0.15) is 0 Å². The summed E-state index contributed by atoms with van der Waals surface area (Å²) < 4.78 is 5.53. The second-order valence-electron chi connectivity index (χ2n) is 10.7.